The van der Waals surface area contributed by atoms with Crippen molar-refractivity contribution in [1.82, 2.24) is 15.2 Å². The zero-order chi connectivity index (χ0) is 24.5. The molecule has 0 saturated carbocycles. The quantitative estimate of drug-likeness (QED) is 0.460. The fraction of sp³-hybridized carbons (Fsp3) is 0.435. The third-order valence-corrected chi connectivity index (χ3v) is 6.25. The summed E-state index contributed by atoms with van der Waals surface area (Å²) in [6.45, 7) is 2.59. The van der Waals surface area contributed by atoms with Gasteiger partial charge in [-0.3, -0.25) is 4.79 Å². The van der Waals surface area contributed by atoms with Crippen LogP contribution in [0.4, 0.5) is 9.93 Å². The molecule has 1 aromatic heterocycles. The van der Waals surface area contributed by atoms with Crippen LogP contribution in [0.1, 0.15) is 42.2 Å². The van der Waals surface area contributed by atoms with Crippen LogP contribution in [0, 0.1) is 11.3 Å². The van der Waals surface area contributed by atoms with Crippen molar-refractivity contribution in [2.45, 2.75) is 50.8 Å². The van der Waals surface area contributed by atoms with Gasteiger partial charge >= 0.3 is 12.1 Å². The largest absolute Gasteiger partial charge is 0.465 e. The number of rotatable bonds is 9. The Morgan fingerprint density at radius 3 is 2.62 bits per heavy atom. The Balaban J connectivity index is 1.51. The maximum atomic E-state index is 12.6. The molecule has 1 saturated heterocycles. The van der Waals surface area contributed by atoms with Crippen LogP contribution in [0.15, 0.2) is 35.7 Å². The maximum Gasteiger partial charge on any atom is 0.407 e. The second kappa shape index (κ2) is 12.0. The lowest BCUT2D eigenvalue weighted by atomic mass is 10.1. The van der Waals surface area contributed by atoms with E-state index in [1.165, 1.54) is 16.2 Å². The van der Waals surface area contributed by atoms with Gasteiger partial charge in [-0.05, 0) is 24.8 Å². The van der Waals surface area contributed by atoms with Crippen LogP contribution >= 0.6 is 11.3 Å². The normalized spacial score (nSPS) is 15.6. The smallest absolute Gasteiger partial charge is 0.407 e. The molecule has 11 heteroatoms. The predicted octanol–water partition coefficient (Wildman–Crippen LogP) is 2.88. The number of nitriles is 1. The molecule has 1 aromatic carbocycles. The van der Waals surface area contributed by atoms with Crippen LogP contribution in [-0.4, -0.2) is 64.2 Å². The molecule has 0 bridgehead atoms. The Kier molecular flexibility index (Phi) is 8.81. The van der Waals surface area contributed by atoms with E-state index in [9.17, 15) is 19.6 Å². The van der Waals surface area contributed by atoms with E-state index in [-0.39, 0.29) is 18.2 Å². The number of hydrogen-bond acceptors (Lipinski definition) is 8. The number of carbonyl (C=O) groups is 3. The summed E-state index contributed by atoms with van der Waals surface area (Å²) in [6, 6.07) is 10.7. The Morgan fingerprint density at radius 1 is 1.29 bits per heavy atom. The van der Waals surface area contributed by atoms with Crippen molar-refractivity contribution in [3.63, 3.8) is 0 Å². The molecule has 0 aliphatic carbocycles. The molecule has 2 atom stereocenters. The number of benzene rings is 1. The maximum absolute atomic E-state index is 12.6. The molecule has 1 aliphatic heterocycles. The lowest BCUT2D eigenvalue weighted by molar-refractivity contribution is -0.130. The highest BCUT2D eigenvalue weighted by Crippen LogP contribution is 2.21. The Labute approximate surface area is 201 Å². The number of hydrogen-bond donors (Lipinski definition) is 3. The van der Waals surface area contributed by atoms with Gasteiger partial charge in [-0.25, -0.2) is 14.6 Å². The minimum atomic E-state index is -1.04. The number of carbonyl (C=O) groups excluding carboxylic acids is 2. The summed E-state index contributed by atoms with van der Waals surface area (Å²) in [5, 5.41) is 26.4. The SMILES string of the molecule is CCC(OC(=O)c1csc(NC2CCN(C(=O)O)CC2)n1)C(=O)NC(C#N)Cc1ccccc1. The van der Waals surface area contributed by atoms with Gasteiger partial charge in [0, 0.05) is 30.9 Å². The minimum absolute atomic E-state index is 0.0623. The van der Waals surface area contributed by atoms with Crippen LogP contribution in [0.3, 0.4) is 0 Å². The number of aromatic nitrogens is 1. The van der Waals surface area contributed by atoms with Gasteiger partial charge in [-0.15, -0.1) is 11.3 Å². The van der Waals surface area contributed by atoms with Crippen molar-refractivity contribution in [3.05, 3.63) is 47.0 Å². The number of esters is 1. The van der Waals surface area contributed by atoms with Crippen molar-refractivity contribution in [3.8, 4) is 6.07 Å². The highest BCUT2D eigenvalue weighted by Gasteiger charge is 2.26. The van der Waals surface area contributed by atoms with Crippen molar-refractivity contribution < 1.29 is 24.2 Å². The third-order valence-electron chi connectivity index (χ3n) is 5.47. The van der Waals surface area contributed by atoms with E-state index in [1.54, 1.807) is 12.3 Å². The Morgan fingerprint density at radius 2 is 2.00 bits per heavy atom. The lowest BCUT2D eigenvalue weighted by Gasteiger charge is -2.30. The van der Waals surface area contributed by atoms with Gasteiger partial charge in [0.1, 0.15) is 6.04 Å². The number of carboxylic acid groups (broad SMARTS) is 1. The molecule has 0 spiro atoms. The first-order valence-electron chi connectivity index (χ1n) is 11.0. The van der Waals surface area contributed by atoms with Crippen molar-refractivity contribution >= 4 is 34.4 Å². The molecule has 1 fully saturated rings. The van der Waals surface area contributed by atoms with Crippen molar-refractivity contribution in [2.75, 3.05) is 18.4 Å². The van der Waals surface area contributed by atoms with E-state index in [0.717, 1.165) is 5.56 Å². The molecule has 2 aromatic rings. The summed E-state index contributed by atoms with van der Waals surface area (Å²) in [5.74, 6) is -1.25. The van der Waals surface area contributed by atoms with Crippen molar-refractivity contribution in [1.29, 1.82) is 5.26 Å². The number of ether oxygens (including phenoxy) is 1. The standard InChI is InChI=1S/C23H27N5O5S/c1-2-19(20(29)25-17(13-24)12-15-6-4-3-5-7-15)33-21(30)18-14-34-22(27-18)26-16-8-10-28(11-9-16)23(31)32/h3-7,14,16-17,19H,2,8-12H2,1H3,(H,25,29)(H,26,27)(H,31,32). The predicted molar refractivity (Wildman–Crippen MR) is 126 cm³/mol. The summed E-state index contributed by atoms with van der Waals surface area (Å²) in [7, 11) is 0. The summed E-state index contributed by atoms with van der Waals surface area (Å²) in [5.41, 5.74) is 0.998. The van der Waals surface area contributed by atoms with Gasteiger partial charge in [0.05, 0.1) is 6.07 Å². The summed E-state index contributed by atoms with van der Waals surface area (Å²) >= 11 is 1.24. The minimum Gasteiger partial charge on any atom is -0.465 e. The monoisotopic (exact) mass is 485 g/mol. The zero-order valence-electron chi connectivity index (χ0n) is 18.8. The molecular formula is C23H27N5O5S. The number of likely N-dealkylation sites (tertiary alicyclic amines) is 1. The van der Waals surface area contributed by atoms with Gasteiger partial charge in [-0.2, -0.15) is 5.26 Å². The summed E-state index contributed by atoms with van der Waals surface area (Å²) in [4.78, 5) is 41.8. The van der Waals surface area contributed by atoms with Gasteiger partial charge in [0.2, 0.25) is 0 Å². The number of amides is 2. The topological polar surface area (TPSA) is 145 Å². The highest BCUT2D eigenvalue weighted by molar-refractivity contribution is 7.13. The second-order valence-corrected chi connectivity index (χ2v) is 8.77. The van der Waals surface area contributed by atoms with Gasteiger partial charge in [-0.1, -0.05) is 37.3 Å². The molecule has 2 unspecified atom stereocenters. The molecule has 3 rings (SSSR count). The first-order valence-corrected chi connectivity index (χ1v) is 11.9. The molecule has 2 heterocycles. The fourth-order valence-electron chi connectivity index (χ4n) is 3.58. The highest BCUT2D eigenvalue weighted by atomic mass is 32.1. The van der Waals surface area contributed by atoms with E-state index < -0.39 is 30.1 Å². The molecule has 2 amide bonds. The molecule has 34 heavy (non-hydrogen) atoms. The number of anilines is 1. The molecule has 10 nitrogen and oxygen atoms in total. The summed E-state index contributed by atoms with van der Waals surface area (Å²) < 4.78 is 5.37. The van der Waals surface area contributed by atoms with Crippen LogP contribution in [0.5, 0.6) is 0 Å². The van der Waals surface area contributed by atoms with E-state index in [1.807, 2.05) is 30.3 Å². The first kappa shape index (κ1) is 25.0. The number of piperidine rings is 1. The van der Waals surface area contributed by atoms with Crippen LogP contribution in [0.25, 0.3) is 0 Å². The van der Waals surface area contributed by atoms with Crippen LogP contribution in [0.2, 0.25) is 0 Å². The van der Waals surface area contributed by atoms with Gasteiger partial charge in [0.25, 0.3) is 5.91 Å². The first-order chi connectivity index (χ1) is 16.4. The van der Waals surface area contributed by atoms with E-state index >= 15 is 0 Å². The number of thiazole rings is 1. The molecule has 1 aliphatic rings. The van der Waals surface area contributed by atoms with Crippen LogP contribution < -0.4 is 10.6 Å². The van der Waals surface area contributed by atoms with E-state index in [2.05, 4.69) is 21.7 Å². The van der Waals surface area contributed by atoms with Gasteiger partial charge in [0.15, 0.2) is 16.9 Å². The van der Waals surface area contributed by atoms with Crippen LogP contribution in [-0.2, 0) is 16.0 Å². The summed E-state index contributed by atoms with van der Waals surface area (Å²) in [6.07, 6.45) is -0.0798. The molecule has 180 valence electrons. The number of nitrogens with one attached hydrogen (secondary N) is 2. The average molecular weight is 486 g/mol. The van der Waals surface area contributed by atoms with E-state index in [0.29, 0.717) is 37.5 Å². The average Bonchev–Trinajstić information content (AvgIpc) is 3.31. The Hall–Kier alpha value is -3.65. The second-order valence-electron chi connectivity index (χ2n) is 7.91. The molecular weight excluding hydrogens is 458 g/mol. The fourth-order valence-corrected chi connectivity index (χ4v) is 4.34. The zero-order valence-corrected chi connectivity index (χ0v) is 19.6. The number of nitrogens with zero attached hydrogens (tertiary/aromatic N) is 3. The van der Waals surface area contributed by atoms with Gasteiger partial charge < -0.3 is 25.4 Å². The molecule has 0 radical (unpaired) electrons. The Bertz CT molecular complexity index is 1030. The van der Waals surface area contributed by atoms with E-state index in [4.69, 9.17) is 9.84 Å². The third kappa shape index (κ3) is 6.92. The molecule has 3 N–H and O–H groups in total. The van der Waals surface area contributed by atoms with Crippen molar-refractivity contribution in [2.24, 2.45) is 0 Å². The lowest BCUT2D eigenvalue weighted by Crippen LogP contribution is -2.43.